The lowest BCUT2D eigenvalue weighted by atomic mass is 10.2. The first-order valence-corrected chi connectivity index (χ1v) is 5.39. The Kier molecular flexibility index (Phi) is 4.61. The molecule has 0 aromatic carbocycles. The highest BCUT2D eigenvalue weighted by Crippen LogP contribution is 2.22. The van der Waals surface area contributed by atoms with Crippen LogP contribution in [0.3, 0.4) is 0 Å². The minimum atomic E-state index is -4.25. The van der Waals surface area contributed by atoms with Crippen LogP contribution in [0.15, 0.2) is 12.8 Å². The van der Waals surface area contributed by atoms with Gasteiger partial charge in [-0.15, -0.1) is 0 Å². The van der Waals surface area contributed by atoms with E-state index in [0.29, 0.717) is 24.5 Å². The summed E-state index contributed by atoms with van der Waals surface area (Å²) in [4.78, 5) is 2.39. The van der Waals surface area contributed by atoms with Crippen LogP contribution in [0.1, 0.15) is 6.92 Å². The van der Waals surface area contributed by atoms with Gasteiger partial charge in [-0.25, -0.2) is 4.90 Å². The smallest absolute Gasteiger partial charge is 0.373 e. The molecule has 0 aliphatic carbocycles. The van der Waals surface area contributed by atoms with Gasteiger partial charge in [0.2, 0.25) is 0 Å². The van der Waals surface area contributed by atoms with Gasteiger partial charge in [0.1, 0.15) is 0 Å². The normalized spacial score (nSPS) is 23.9. The van der Waals surface area contributed by atoms with E-state index in [1.165, 1.54) is 0 Å². The fourth-order valence-electron chi connectivity index (χ4n) is 1.88. The van der Waals surface area contributed by atoms with E-state index in [4.69, 9.17) is 0 Å². The zero-order chi connectivity index (χ0) is 12.2. The fourth-order valence-corrected chi connectivity index (χ4v) is 1.88. The molecule has 0 radical (unpaired) electrons. The number of alkyl halides is 3. The summed E-state index contributed by atoms with van der Waals surface area (Å²) in [6, 6.07) is -0.174. The van der Waals surface area contributed by atoms with Gasteiger partial charge < -0.3 is 10.2 Å². The Bertz CT molecular complexity index is 230. The zero-order valence-corrected chi connectivity index (χ0v) is 9.43. The number of likely N-dealkylation sites (N-methyl/N-ethyl adjacent to an activating group) is 1. The lowest BCUT2D eigenvalue weighted by Gasteiger charge is -2.32. The molecule has 1 unspecified atom stereocenters. The highest BCUT2D eigenvalue weighted by Gasteiger charge is 2.39. The Hall–Kier alpha value is -0.750. The molecule has 1 aliphatic rings. The summed E-state index contributed by atoms with van der Waals surface area (Å²) in [6.07, 6.45) is -2.64. The second-order valence-corrected chi connectivity index (χ2v) is 3.78. The molecule has 16 heavy (non-hydrogen) atoms. The minimum absolute atomic E-state index is 0.00361. The number of nitrogens with zero attached hydrogens (tertiary/aromatic N) is 2. The molecular formula is C10H18F3N3. The number of halogens is 3. The number of hydrogen-bond donors (Lipinski definition) is 1. The third-order valence-corrected chi connectivity index (χ3v) is 2.80. The molecule has 1 atom stereocenters. The van der Waals surface area contributed by atoms with Crippen LogP contribution >= 0.6 is 0 Å². The van der Waals surface area contributed by atoms with E-state index in [-0.39, 0.29) is 19.1 Å². The van der Waals surface area contributed by atoms with Crippen LogP contribution in [-0.2, 0) is 0 Å². The molecule has 0 bridgehead atoms. The van der Waals surface area contributed by atoms with Crippen LogP contribution in [-0.4, -0.2) is 54.9 Å². The standard InChI is InChI=1S/C10H18F3N3/c1-3-15(4-2)9-7-14-5-6-16(8-9)10(11,12)13/h3,9,14H,1,4-8H2,2H3. The van der Waals surface area contributed by atoms with Gasteiger partial charge in [-0.1, -0.05) is 6.58 Å². The highest BCUT2D eigenvalue weighted by molar-refractivity contribution is 4.86. The van der Waals surface area contributed by atoms with E-state index in [2.05, 4.69) is 11.9 Å². The third-order valence-electron chi connectivity index (χ3n) is 2.80. The summed E-state index contributed by atoms with van der Waals surface area (Å²) in [7, 11) is 0. The molecule has 0 aromatic heterocycles. The second-order valence-electron chi connectivity index (χ2n) is 3.78. The number of rotatable bonds is 3. The van der Waals surface area contributed by atoms with E-state index in [1.54, 1.807) is 6.20 Å². The van der Waals surface area contributed by atoms with E-state index in [1.807, 2.05) is 11.8 Å². The first kappa shape index (κ1) is 13.3. The van der Waals surface area contributed by atoms with Gasteiger partial charge in [-0.3, -0.25) is 0 Å². The Morgan fingerprint density at radius 2 is 2.25 bits per heavy atom. The number of hydrogen-bond acceptors (Lipinski definition) is 3. The Morgan fingerprint density at radius 1 is 1.56 bits per heavy atom. The lowest BCUT2D eigenvalue weighted by Crippen LogP contribution is -2.47. The summed E-state index contributed by atoms with van der Waals surface area (Å²) in [5.41, 5.74) is 0. The molecule has 1 N–H and O–H groups in total. The highest BCUT2D eigenvalue weighted by atomic mass is 19.4. The number of nitrogens with one attached hydrogen (secondary N) is 1. The minimum Gasteiger partial charge on any atom is -0.373 e. The van der Waals surface area contributed by atoms with E-state index in [0.717, 1.165) is 0 Å². The third kappa shape index (κ3) is 3.38. The predicted octanol–water partition coefficient (Wildman–Crippen LogP) is 1.25. The molecule has 1 aliphatic heterocycles. The predicted molar refractivity (Wildman–Crippen MR) is 56.9 cm³/mol. The molecule has 0 aromatic rings. The average molecular weight is 237 g/mol. The molecular weight excluding hydrogens is 219 g/mol. The van der Waals surface area contributed by atoms with Gasteiger partial charge in [-0.05, 0) is 13.1 Å². The van der Waals surface area contributed by atoms with E-state index >= 15 is 0 Å². The molecule has 3 nitrogen and oxygen atoms in total. The maximum atomic E-state index is 12.6. The topological polar surface area (TPSA) is 18.5 Å². The molecule has 6 heteroatoms. The fraction of sp³-hybridized carbons (Fsp3) is 0.800. The molecule has 0 saturated carbocycles. The molecule has 1 saturated heterocycles. The van der Waals surface area contributed by atoms with Gasteiger partial charge in [0.15, 0.2) is 0 Å². The SMILES string of the molecule is C=CN(CC)C1CNCCN(C(F)(F)F)C1. The summed E-state index contributed by atoms with van der Waals surface area (Å²) >= 11 is 0. The molecule has 94 valence electrons. The van der Waals surface area contributed by atoms with Crippen molar-refractivity contribution in [3.63, 3.8) is 0 Å². The van der Waals surface area contributed by atoms with Gasteiger partial charge >= 0.3 is 6.30 Å². The lowest BCUT2D eigenvalue weighted by molar-refractivity contribution is -0.246. The summed E-state index contributed by atoms with van der Waals surface area (Å²) in [5.74, 6) is 0. The first-order valence-electron chi connectivity index (χ1n) is 5.39. The molecule has 0 spiro atoms. The van der Waals surface area contributed by atoms with E-state index in [9.17, 15) is 13.2 Å². The maximum absolute atomic E-state index is 12.6. The van der Waals surface area contributed by atoms with Crippen LogP contribution in [0.2, 0.25) is 0 Å². The van der Waals surface area contributed by atoms with Crippen molar-refractivity contribution >= 4 is 0 Å². The van der Waals surface area contributed by atoms with Crippen LogP contribution in [0.25, 0.3) is 0 Å². The van der Waals surface area contributed by atoms with Crippen molar-refractivity contribution in [2.45, 2.75) is 19.3 Å². The average Bonchev–Trinajstić information content (AvgIpc) is 2.45. The van der Waals surface area contributed by atoms with Crippen LogP contribution in [0, 0.1) is 0 Å². The Morgan fingerprint density at radius 3 is 2.75 bits per heavy atom. The second kappa shape index (κ2) is 5.54. The largest absolute Gasteiger partial charge is 0.460 e. The van der Waals surface area contributed by atoms with Crippen molar-refractivity contribution in [2.24, 2.45) is 0 Å². The van der Waals surface area contributed by atoms with Crippen LogP contribution < -0.4 is 5.32 Å². The van der Waals surface area contributed by atoms with Gasteiger partial charge in [0, 0.05) is 32.7 Å². The molecule has 0 amide bonds. The molecule has 1 rings (SSSR count). The monoisotopic (exact) mass is 237 g/mol. The maximum Gasteiger partial charge on any atom is 0.460 e. The first-order chi connectivity index (χ1) is 7.49. The van der Waals surface area contributed by atoms with Crippen molar-refractivity contribution in [1.29, 1.82) is 0 Å². The summed E-state index contributed by atoms with van der Waals surface area (Å²) in [6.45, 7) is 7.13. The Labute approximate surface area is 93.9 Å². The quantitative estimate of drug-likeness (QED) is 0.745. The molecule has 1 fully saturated rings. The van der Waals surface area contributed by atoms with Gasteiger partial charge in [0.25, 0.3) is 0 Å². The van der Waals surface area contributed by atoms with Crippen LogP contribution in [0.5, 0.6) is 0 Å². The van der Waals surface area contributed by atoms with Crippen molar-refractivity contribution in [3.8, 4) is 0 Å². The van der Waals surface area contributed by atoms with Crippen molar-refractivity contribution < 1.29 is 13.2 Å². The zero-order valence-electron chi connectivity index (χ0n) is 9.43. The van der Waals surface area contributed by atoms with Gasteiger partial charge in [-0.2, -0.15) is 13.2 Å². The summed E-state index contributed by atoms with van der Waals surface area (Å²) in [5, 5.41) is 3.02. The Balaban J connectivity index is 2.68. The van der Waals surface area contributed by atoms with Crippen molar-refractivity contribution in [2.75, 3.05) is 32.7 Å². The van der Waals surface area contributed by atoms with Crippen molar-refractivity contribution in [1.82, 2.24) is 15.1 Å². The van der Waals surface area contributed by atoms with E-state index < -0.39 is 6.30 Å². The van der Waals surface area contributed by atoms with Gasteiger partial charge in [0.05, 0.1) is 6.04 Å². The van der Waals surface area contributed by atoms with Crippen molar-refractivity contribution in [3.05, 3.63) is 12.8 Å². The van der Waals surface area contributed by atoms with Crippen LogP contribution in [0.4, 0.5) is 13.2 Å². The summed E-state index contributed by atoms with van der Waals surface area (Å²) < 4.78 is 37.9. The molecule has 1 heterocycles.